The highest BCUT2D eigenvalue weighted by atomic mass is 32.2. The first-order valence-corrected chi connectivity index (χ1v) is 9.14. The van der Waals surface area contributed by atoms with Gasteiger partial charge in [-0.25, -0.2) is 4.98 Å². The molecule has 6 nitrogen and oxygen atoms in total. The Morgan fingerprint density at radius 3 is 2.88 bits per heavy atom. The molecule has 2 aromatic heterocycles. The van der Waals surface area contributed by atoms with Gasteiger partial charge >= 0.3 is 0 Å². The van der Waals surface area contributed by atoms with Gasteiger partial charge in [0.25, 0.3) is 0 Å². The highest BCUT2D eigenvalue weighted by Gasteiger charge is 2.09. The van der Waals surface area contributed by atoms with Gasteiger partial charge in [-0.05, 0) is 24.1 Å². The second-order valence-corrected chi connectivity index (χ2v) is 7.55. The fourth-order valence-electron chi connectivity index (χ4n) is 2.25. The number of amides is 1. The predicted molar refractivity (Wildman–Crippen MR) is 97.2 cm³/mol. The first-order valence-electron chi connectivity index (χ1n) is 7.34. The summed E-state index contributed by atoms with van der Waals surface area (Å²) in [5, 5.41) is 11.2. The molecule has 0 aliphatic carbocycles. The fraction of sp³-hybridized carbons (Fsp3) is 0.250. The molecular weight excluding hydrogens is 342 g/mol. The maximum absolute atomic E-state index is 11.0. The Morgan fingerprint density at radius 2 is 2.21 bits per heavy atom. The lowest BCUT2D eigenvalue weighted by molar-refractivity contribution is -0.114. The van der Waals surface area contributed by atoms with E-state index in [1.54, 1.807) is 18.0 Å². The number of aryl methyl sites for hydroxylation is 2. The number of carbonyl (C=O) groups is 1. The van der Waals surface area contributed by atoms with Crippen molar-refractivity contribution >= 4 is 34.1 Å². The van der Waals surface area contributed by atoms with Gasteiger partial charge in [0.2, 0.25) is 11.0 Å². The molecule has 1 amide bonds. The Morgan fingerprint density at radius 1 is 1.38 bits per heavy atom. The minimum atomic E-state index is -0.136. The number of imidazole rings is 1. The molecule has 124 valence electrons. The van der Waals surface area contributed by atoms with E-state index in [1.807, 2.05) is 17.8 Å². The lowest BCUT2D eigenvalue weighted by Gasteiger charge is -2.08. The summed E-state index contributed by atoms with van der Waals surface area (Å²) in [4.78, 5) is 15.4. The molecular formula is C16H17N5OS2. The van der Waals surface area contributed by atoms with Crippen LogP contribution in [-0.2, 0) is 17.6 Å². The van der Waals surface area contributed by atoms with Crippen molar-refractivity contribution in [2.24, 2.45) is 7.05 Å². The Balaban J connectivity index is 1.68. The van der Waals surface area contributed by atoms with Gasteiger partial charge in [0.05, 0.1) is 0 Å². The van der Waals surface area contributed by atoms with E-state index >= 15 is 0 Å². The molecule has 0 radical (unpaired) electrons. The standard InChI is InChI=1S/C16H17N5OS2/c1-10-8-12(14-17-6-7-21(14)3)4-5-13(10)9-23-16-20-19-15(24-16)18-11(2)22/h4-8H,9H2,1-3H3,(H,18,19,22). The molecule has 0 spiro atoms. The SMILES string of the molecule is CC(=O)Nc1nnc(SCc2ccc(-c3nccn3C)cc2C)s1. The third kappa shape index (κ3) is 3.82. The molecule has 1 N–H and O–H groups in total. The van der Waals surface area contributed by atoms with Gasteiger partial charge in [0.1, 0.15) is 5.82 Å². The lowest BCUT2D eigenvalue weighted by Crippen LogP contribution is -2.04. The van der Waals surface area contributed by atoms with Crippen molar-refractivity contribution in [1.29, 1.82) is 0 Å². The van der Waals surface area contributed by atoms with Crippen LogP contribution in [0.1, 0.15) is 18.1 Å². The highest BCUT2D eigenvalue weighted by Crippen LogP contribution is 2.30. The number of nitrogens with one attached hydrogen (secondary N) is 1. The van der Waals surface area contributed by atoms with Crippen molar-refractivity contribution in [3.8, 4) is 11.4 Å². The molecule has 0 unspecified atom stereocenters. The first kappa shape index (κ1) is 16.7. The molecule has 1 aromatic carbocycles. The number of carbonyl (C=O) groups excluding carboxylic acids is 1. The predicted octanol–water partition coefficient (Wildman–Crippen LogP) is 3.50. The number of anilines is 1. The molecule has 8 heteroatoms. The number of hydrogen-bond acceptors (Lipinski definition) is 6. The van der Waals surface area contributed by atoms with Crippen LogP contribution in [0.5, 0.6) is 0 Å². The van der Waals surface area contributed by atoms with Crippen LogP contribution in [0, 0.1) is 6.92 Å². The summed E-state index contributed by atoms with van der Waals surface area (Å²) in [6, 6.07) is 6.37. The molecule has 0 atom stereocenters. The van der Waals surface area contributed by atoms with E-state index in [-0.39, 0.29) is 5.91 Å². The van der Waals surface area contributed by atoms with Gasteiger partial charge < -0.3 is 9.88 Å². The van der Waals surface area contributed by atoms with Gasteiger partial charge in [0, 0.05) is 37.7 Å². The van der Waals surface area contributed by atoms with E-state index in [0.717, 1.165) is 21.5 Å². The second kappa shape index (κ2) is 7.14. The number of benzene rings is 1. The Kier molecular flexibility index (Phi) is 4.96. The first-order chi connectivity index (χ1) is 11.5. The summed E-state index contributed by atoms with van der Waals surface area (Å²) in [7, 11) is 1.99. The highest BCUT2D eigenvalue weighted by molar-refractivity contribution is 8.00. The van der Waals surface area contributed by atoms with Crippen LogP contribution >= 0.6 is 23.1 Å². The monoisotopic (exact) mass is 359 g/mol. The zero-order chi connectivity index (χ0) is 17.1. The third-order valence-electron chi connectivity index (χ3n) is 3.46. The normalized spacial score (nSPS) is 10.8. The molecule has 3 aromatic rings. The largest absolute Gasteiger partial charge is 0.334 e. The van der Waals surface area contributed by atoms with Crippen LogP contribution in [0.2, 0.25) is 0 Å². The van der Waals surface area contributed by atoms with Crippen molar-refractivity contribution in [2.75, 3.05) is 5.32 Å². The summed E-state index contributed by atoms with van der Waals surface area (Å²) in [5.41, 5.74) is 3.57. The van der Waals surface area contributed by atoms with E-state index in [4.69, 9.17) is 0 Å². The number of aromatic nitrogens is 4. The molecule has 0 fully saturated rings. The summed E-state index contributed by atoms with van der Waals surface area (Å²) >= 11 is 3.00. The number of hydrogen-bond donors (Lipinski definition) is 1. The van der Waals surface area contributed by atoms with Crippen LogP contribution in [0.4, 0.5) is 5.13 Å². The molecule has 24 heavy (non-hydrogen) atoms. The molecule has 2 heterocycles. The van der Waals surface area contributed by atoms with Crippen molar-refractivity contribution in [3.63, 3.8) is 0 Å². The van der Waals surface area contributed by atoms with Gasteiger partial charge in [-0.3, -0.25) is 4.79 Å². The van der Waals surface area contributed by atoms with E-state index in [1.165, 1.54) is 29.4 Å². The van der Waals surface area contributed by atoms with Crippen molar-refractivity contribution in [1.82, 2.24) is 19.7 Å². The molecule has 3 rings (SSSR count). The molecule has 0 saturated carbocycles. The quantitative estimate of drug-likeness (QED) is 0.557. The van der Waals surface area contributed by atoms with Crippen LogP contribution in [0.15, 0.2) is 34.9 Å². The summed E-state index contributed by atoms with van der Waals surface area (Å²) in [6.45, 7) is 3.56. The van der Waals surface area contributed by atoms with Crippen LogP contribution in [0.25, 0.3) is 11.4 Å². The average Bonchev–Trinajstić information content (AvgIpc) is 3.14. The van der Waals surface area contributed by atoms with E-state index in [2.05, 4.69) is 45.6 Å². The van der Waals surface area contributed by atoms with Gasteiger partial charge in [0.15, 0.2) is 4.34 Å². The van der Waals surface area contributed by atoms with Gasteiger partial charge in [-0.15, -0.1) is 10.2 Å². The molecule has 0 bridgehead atoms. The molecule has 0 aliphatic rings. The van der Waals surface area contributed by atoms with E-state index in [9.17, 15) is 4.79 Å². The Bertz CT molecular complexity index is 871. The van der Waals surface area contributed by atoms with Crippen LogP contribution < -0.4 is 5.32 Å². The summed E-state index contributed by atoms with van der Waals surface area (Å²) in [6.07, 6.45) is 3.74. The average molecular weight is 359 g/mol. The molecule has 0 aliphatic heterocycles. The minimum Gasteiger partial charge on any atom is -0.334 e. The smallest absolute Gasteiger partial charge is 0.223 e. The third-order valence-corrected chi connectivity index (χ3v) is 5.48. The van der Waals surface area contributed by atoms with Crippen LogP contribution in [0.3, 0.4) is 0 Å². The second-order valence-electron chi connectivity index (χ2n) is 5.35. The van der Waals surface area contributed by atoms with Crippen molar-refractivity contribution in [2.45, 2.75) is 23.9 Å². The van der Waals surface area contributed by atoms with Gasteiger partial charge in [-0.1, -0.05) is 35.2 Å². The Hall–Kier alpha value is -2.19. The van der Waals surface area contributed by atoms with Gasteiger partial charge in [-0.2, -0.15) is 0 Å². The summed E-state index contributed by atoms with van der Waals surface area (Å²) < 4.78 is 2.85. The minimum absolute atomic E-state index is 0.136. The Labute approximate surface area is 148 Å². The lowest BCUT2D eigenvalue weighted by atomic mass is 10.1. The van der Waals surface area contributed by atoms with E-state index < -0.39 is 0 Å². The molecule has 0 saturated heterocycles. The maximum Gasteiger partial charge on any atom is 0.223 e. The topological polar surface area (TPSA) is 72.7 Å². The fourth-order valence-corrected chi connectivity index (χ4v) is 4.12. The summed E-state index contributed by atoms with van der Waals surface area (Å²) in [5.74, 6) is 1.63. The zero-order valence-electron chi connectivity index (χ0n) is 13.6. The van der Waals surface area contributed by atoms with Crippen LogP contribution in [-0.4, -0.2) is 25.7 Å². The zero-order valence-corrected chi connectivity index (χ0v) is 15.2. The number of thioether (sulfide) groups is 1. The number of nitrogens with zero attached hydrogens (tertiary/aromatic N) is 4. The van der Waals surface area contributed by atoms with E-state index in [0.29, 0.717) is 5.13 Å². The van der Waals surface area contributed by atoms with Crippen molar-refractivity contribution < 1.29 is 4.79 Å². The van der Waals surface area contributed by atoms with Crippen molar-refractivity contribution in [3.05, 3.63) is 41.7 Å². The maximum atomic E-state index is 11.0. The number of rotatable bonds is 5.